The van der Waals surface area contributed by atoms with Crippen molar-refractivity contribution >= 4 is 11.9 Å². The number of ether oxygens (including phenoxy) is 1. The fourth-order valence-electron chi connectivity index (χ4n) is 12.5. The van der Waals surface area contributed by atoms with E-state index >= 15 is 0 Å². The maximum Gasteiger partial charge on any atom is 0.305 e. The molecular weight excluding hydrogens is 1080 g/mol. The van der Waals surface area contributed by atoms with Crippen molar-refractivity contribution in [3.05, 3.63) is 48.6 Å². The van der Waals surface area contributed by atoms with Crippen molar-refractivity contribution in [1.29, 1.82) is 0 Å². The first-order valence-electron chi connectivity index (χ1n) is 39.9. The molecule has 0 heterocycles. The number of hydrogen-bond donors (Lipinski definition) is 3. The Labute approximate surface area is 550 Å². The number of rotatable bonds is 75. The summed E-state index contributed by atoms with van der Waals surface area (Å²) in [6, 6.07) is -0.627. The summed E-state index contributed by atoms with van der Waals surface area (Å²) in [6.07, 6.45) is 102. The number of carbonyl (C=O) groups is 2. The smallest absolute Gasteiger partial charge is 0.305 e. The average molecular weight is 1240 g/mol. The largest absolute Gasteiger partial charge is 0.466 e. The van der Waals surface area contributed by atoms with E-state index in [4.69, 9.17) is 4.74 Å². The lowest BCUT2D eigenvalue weighted by molar-refractivity contribution is -0.143. The van der Waals surface area contributed by atoms with Crippen LogP contribution in [0.4, 0.5) is 0 Å². The Balaban J connectivity index is 3.38. The zero-order valence-corrected chi connectivity index (χ0v) is 59.5. The third kappa shape index (κ3) is 72.9. The van der Waals surface area contributed by atoms with Crippen LogP contribution in [-0.4, -0.2) is 47.4 Å². The summed E-state index contributed by atoms with van der Waals surface area (Å²) in [7, 11) is 0. The van der Waals surface area contributed by atoms with Crippen molar-refractivity contribution in [2.75, 3.05) is 13.2 Å². The van der Waals surface area contributed by atoms with Crippen LogP contribution in [0.5, 0.6) is 0 Å². The zero-order chi connectivity index (χ0) is 63.5. The minimum Gasteiger partial charge on any atom is -0.466 e. The second-order valence-electron chi connectivity index (χ2n) is 27.4. The summed E-state index contributed by atoms with van der Waals surface area (Å²) < 4.78 is 5.51. The Hall–Kier alpha value is -2.18. The van der Waals surface area contributed by atoms with Crippen LogP contribution >= 0.6 is 0 Å². The fraction of sp³-hybridized carbons (Fsp3) is 0.878. The van der Waals surface area contributed by atoms with Gasteiger partial charge in [0.1, 0.15) is 0 Å². The molecule has 0 aromatic heterocycles. The number of aliphatic hydroxyl groups excluding tert-OH is 2. The van der Waals surface area contributed by atoms with Crippen LogP contribution in [0.15, 0.2) is 48.6 Å². The molecule has 0 bridgehead atoms. The molecule has 6 heteroatoms. The summed E-state index contributed by atoms with van der Waals surface area (Å²) in [4.78, 5) is 24.6. The van der Waals surface area contributed by atoms with Crippen molar-refractivity contribution < 1.29 is 24.5 Å². The highest BCUT2D eigenvalue weighted by Crippen LogP contribution is 2.19. The van der Waals surface area contributed by atoms with Crippen LogP contribution < -0.4 is 5.32 Å². The van der Waals surface area contributed by atoms with Gasteiger partial charge in [-0.2, -0.15) is 0 Å². The Morgan fingerprint density at radius 3 is 0.875 bits per heavy atom. The number of nitrogens with one attached hydrogen (secondary N) is 1. The summed E-state index contributed by atoms with van der Waals surface area (Å²) in [5.74, 6) is -0.0481. The van der Waals surface area contributed by atoms with Gasteiger partial charge in [-0.15, -0.1) is 0 Å². The van der Waals surface area contributed by atoms with E-state index in [9.17, 15) is 19.8 Å². The molecule has 0 fully saturated rings. The van der Waals surface area contributed by atoms with Gasteiger partial charge in [0.2, 0.25) is 5.91 Å². The number of amides is 1. The van der Waals surface area contributed by atoms with Crippen molar-refractivity contribution in [3.8, 4) is 0 Å². The number of esters is 1. The van der Waals surface area contributed by atoms with Crippen molar-refractivity contribution in [2.24, 2.45) is 0 Å². The van der Waals surface area contributed by atoms with E-state index in [0.717, 1.165) is 51.4 Å². The molecule has 6 nitrogen and oxygen atoms in total. The van der Waals surface area contributed by atoms with Crippen LogP contribution in [0.1, 0.15) is 438 Å². The first-order chi connectivity index (χ1) is 43.5. The molecule has 518 valence electrons. The van der Waals surface area contributed by atoms with Crippen LogP contribution in [-0.2, 0) is 14.3 Å². The maximum absolute atomic E-state index is 12.5. The number of hydrogen-bond acceptors (Lipinski definition) is 5. The molecule has 0 saturated heterocycles. The average Bonchev–Trinajstić information content (AvgIpc) is 3.58. The van der Waals surface area contributed by atoms with E-state index in [2.05, 4.69) is 55.6 Å². The number of carbonyl (C=O) groups excluding carboxylic acids is 2. The lowest BCUT2D eigenvalue weighted by atomic mass is 10.0. The standard InChI is InChI=1S/C82H155NO5/c1-3-5-7-9-11-13-15-17-19-21-42-46-50-54-58-62-66-70-74-80(85)79(78-84)83-81(86)75-71-67-63-59-55-51-47-43-40-38-36-34-32-30-28-26-24-23-25-27-29-31-33-35-37-39-41-45-49-53-57-61-65-69-73-77-88-82(87)76-72-68-64-60-56-52-48-44-22-20-18-16-14-12-10-8-6-4-2/h20,22,25,27,31,33,70,74,79-80,84-85H,3-19,21,23-24,26,28-30,32,34-69,71-73,75-78H2,1-2H3,(H,83,86)/b22-20-,27-25-,33-31-,74-70+. The molecule has 0 radical (unpaired) electrons. The Morgan fingerprint density at radius 1 is 0.318 bits per heavy atom. The molecule has 0 spiro atoms. The highest BCUT2D eigenvalue weighted by Gasteiger charge is 2.18. The van der Waals surface area contributed by atoms with E-state index in [-0.39, 0.29) is 18.5 Å². The number of unbranched alkanes of at least 4 members (excludes halogenated alkanes) is 58. The van der Waals surface area contributed by atoms with Gasteiger partial charge >= 0.3 is 5.97 Å². The lowest BCUT2D eigenvalue weighted by Gasteiger charge is -2.20. The third-order valence-corrected chi connectivity index (χ3v) is 18.6. The maximum atomic E-state index is 12.5. The second kappa shape index (κ2) is 77.3. The number of aliphatic hydroxyl groups is 2. The number of allylic oxidation sites excluding steroid dienone is 7. The predicted octanol–water partition coefficient (Wildman–Crippen LogP) is 26.4. The Kier molecular flexibility index (Phi) is 75.4. The predicted molar refractivity (Wildman–Crippen MR) is 389 cm³/mol. The molecule has 0 aliphatic carbocycles. The summed E-state index contributed by atoms with van der Waals surface area (Å²) in [5, 5.41) is 23.2. The molecule has 2 atom stereocenters. The van der Waals surface area contributed by atoms with Gasteiger partial charge in [-0.25, -0.2) is 0 Å². The van der Waals surface area contributed by atoms with E-state index < -0.39 is 12.1 Å². The lowest BCUT2D eigenvalue weighted by Crippen LogP contribution is -2.45. The quantitative estimate of drug-likeness (QED) is 0.0320. The Bertz CT molecular complexity index is 1470. The highest BCUT2D eigenvalue weighted by atomic mass is 16.5. The van der Waals surface area contributed by atoms with E-state index in [0.29, 0.717) is 19.4 Å². The molecule has 0 aliphatic heterocycles. The van der Waals surface area contributed by atoms with E-state index in [1.54, 1.807) is 6.08 Å². The molecule has 0 aliphatic rings. The molecular formula is C82H155NO5. The third-order valence-electron chi connectivity index (χ3n) is 18.6. The highest BCUT2D eigenvalue weighted by molar-refractivity contribution is 5.76. The van der Waals surface area contributed by atoms with Crippen LogP contribution in [0.2, 0.25) is 0 Å². The SMILES string of the molecule is CCCCCCCCC/C=C\CCCCCCCCCC(=O)OCCCCCCCCCCCCC/C=C\C/C=C\CCCCCCCCCCCCCCCCCCCC(=O)NC(CO)C(O)/C=C/CCCCCCCCCCCCCCCCCC. The van der Waals surface area contributed by atoms with Gasteiger partial charge in [-0.1, -0.05) is 383 Å². The molecule has 88 heavy (non-hydrogen) atoms. The second-order valence-corrected chi connectivity index (χ2v) is 27.4. The molecule has 2 unspecified atom stereocenters. The summed E-state index contributed by atoms with van der Waals surface area (Å²) in [5.41, 5.74) is 0. The minimum absolute atomic E-state index is 0.0142. The topological polar surface area (TPSA) is 95.9 Å². The van der Waals surface area contributed by atoms with Gasteiger partial charge in [-0.3, -0.25) is 9.59 Å². The molecule has 1 amide bonds. The molecule has 0 rings (SSSR count). The van der Waals surface area contributed by atoms with Gasteiger partial charge in [-0.05, 0) is 89.9 Å². The van der Waals surface area contributed by atoms with Crippen LogP contribution in [0.3, 0.4) is 0 Å². The van der Waals surface area contributed by atoms with Gasteiger partial charge in [0.25, 0.3) is 0 Å². The molecule has 0 aromatic rings. The zero-order valence-electron chi connectivity index (χ0n) is 59.5. The van der Waals surface area contributed by atoms with E-state index in [1.165, 1.54) is 360 Å². The monoisotopic (exact) mass is 1230 g/mol. The molecule has 3 N–H and O–H groups in total. The molecule has 0 aromatic carbocycles. The van der Waals surface area contributed by atoms with Crippen molar-refractivity contribution in [2.45, 2.75) is 450 Å². The van der Waals surface area contributed by atoms with Crippen LogP contribution in [0.25, 0.3) is 0 Å². The first-order valence-corrected chi connectivity index (χ1v) is 39.9. The van der Waals surface area contributed by atoms with E-state index in [1.807, 2.05) is 6.08 Å². The van der Waals surface area contributed by atoms with Gasteiger partial charge < -0.3 is 20.3 Å². The van der Waals surface area contributed by atoms with Gasteiger partial charge in [0.15, 0.2) is 0 Å². The normalized spacial score (nSPS) is 12.7. The summed E-state index contributed by atoms with van der Waals surface area (Å²) in [6.45, 7) is 4.94. The molecule has 0 saturated carbocycles. The Morgan fingerprint density at radius 2 is 0.568 bits per heavy atom. The minimum atomic E-state index is -0.844. The van der Waals surface area contributed by atoms with Crippen molar-refractivity contribution in [1.82, 2.24) is 5.32 Å². The van der Waals surface area contributed by atoms with Crippen molar-refractivity contribution in [3.63, 3.8) is 0 Å². The van der Waals surface area contributed by atoms with Gasteiger partial charge in [0, 0.05) is 12.8 Å². The fourth-order valence-corrected chi connectivity index (χ4v) is 12.5. The van der Waals surface area contributed by atoms with Gasteiger partial charge in [0.05, 0.1) is 25.4 Å². The van der Waals surface area contributed by atoms with Crippen LogP contribution in [0, 0.1) is 0 Å². The summed E-state index contributed by atoms with van der Waals surface area (Å²) >= 11 is 0. The first kappa shape index (κ1) is 85.8.